The van der Waals surface area contributed by atoms with E-state index in [1.54, 1.807) is 12.1 Å². The number of carboxylic acid groups (broad SMARTS) is 1. The summed E-state index contributed by atoms with van der Waals surface area (Å²) in [6.45, 7) is 3.87. The maximum atomic E-state index is 13.4. The number of para-hydroxylation sites is 1. The molecule has 0 spiro atoms. The molecule has 2 aromatic carbocycles. The molecule has 0 bridgehead atoms. The van der Waals surface area contributed by atoms with Crippen molar-refractivity contribution in [2.75, 3.05) is 11.1 Å². The molecule has 2 aromatic heterocycles. The molecule has 0 aliphatic rings. The first kappa shape index (κ1) is 21.8. The zero-order chi connectivity index (χ0) is 22.8. The Balaban J connectivity index is 1.65. The van der Waals surface area contributed by atoms with Crippen LogP contribution >= 0.6 is 23.1 Å². The lowest BCUT2D eigenvalue weighted by Gasteiger charge is -2.12. The first-order chi connectivity index (χ1) is 15.3. The Bertz CT molecular complexity index is 1390. The van der Waals surface area contributed by atoms with Crippen molar-refractivity contribution in [3.05, 3.63) is 81.0 Å². The van der Waals surface area contributed by atoms with E-state index in [1.165, 1.54) is 28.0 Å². The predicted molar refractivity (Wildman–Crippen MR) is 127 cm³/mol. The smallest absolute Gasteiger partial charge is 0.335 e. The number of thioether (sulfide) groups is 1. The molecule has 0 saturated carbocycles. The van der Waals surface area contributed by atoms with Crippen LogP contribution in [0.25, 0.3) is 15.9 Å². The summed E-state index contributed by atoms with van der Waals surface area (Å²) in [6.07, 6.45) is 0. The van der Waals surface area contributed by atoms with E-state index in [0.717, 1.165) is 22.2 Å². The Labute approximate surface area is 191 Å². The predicted octanol–water partition coefficient (Wildman–Crippen LogP) is 4.49. The van der Waals surface area contributed by atoms with Gasteiger partial charge >= 0.3 is 5.97 Å². The maximum absolute atomic E-state index is 13.4. The number of benzene rings is 2. The Morgan fingerprint density at radius 3 is 2.59 bits per heavy atom. The Morgan fingerprint density at radius 2 is 1.88 bits per heavy atom. The molecule has 162 valence electrons. The molecule has 0 aliphatic heterocycles. The number of anilines is 1. The zero-order valence-electron chi connectivity index (χ0n) is 17.3. The number of hydrogen-bond acceptors (Lipinski definition) is 6. The fourth-order valence-corrected chi connectivity index (χ4v) is 5.12. The fourth-order valence-electron chi connectivity index (χ4n) is 3.23. The highest BCUT2D eigenvalue weighted by Crippen LogP contribution is 2.29. The van der Waals surface area contributed by atoms with Gasteiger partial charge in [-0.1, -0.05) is 36.0 Å². The lowest BCUT2D eigenvalue weighted by Crippen LogP contribution is -2.22. The minimum Gasteiger partial charge on any atom is -0.478 e. The van der Waals surface area contributed by atoms with Gasteiger partial charge in [-0.3, -0.25) is 14.2 Å². The number of aryl methyl sites for hydroxylation is 2. The van der Waals surface area contributed by atoms with Gasteiger partial charge in [0.25, 0.3) is 5.56 Å². The van der Waals surface area contributed by atoms with Crippen LogP contribution in [0.15, 0.2) is 64.5 Å². The first-order valence-corrected chi connectivity index (χ1v) is 11.5. The van der Waals surface area contributed by atoms with E-state index < -0.39 is 5.97 Å². The van der Waals surface area contributed by atoms with Crippen LogP contribution in [0.1, 0.15) is 20.8 Å². The highest BCUT2D eigenvalue weighted by atomic mass is 32.2. The van der Waals surface area contributed by atoms with E-state index in [4.69, 9.17) is 10.1 Å². The molecule has 2 N–H and O–H groups in total. The van der Waals surface area contributed by atoms with E-state index in [9.17, 15) is 14.4 Å². The number of aromatic carboxylic acids is 1. The van der Waals surface area contributed by atoms with Crippen molar-refractivity contribution in [1.29, 1.82) is 0 Å². The minimum absolute atomic E-state index is 0.00538. The quantitative estimate of drug-likeness (QED) is 0.321. The van der Waals surface area contributed by atoms with Crippen molar-refractivity contribution >= 4 is 50.9 Å². The van der Waals surface area contributed by atoms with Gasteiger partial charge in [-0.25, -0.2) is 9.78 Å². The van der Waals surface area contributed by atoms with Gasteiger partial charge in [0.1, 0.15) is 4.83 Å². The lowest BCUT2D eigenvalue weighted by molar-refractivity contribution is -0.113. The zero-order valence-corrected chi connectivity index (χ0v) is 18.9. The van der Waals surface area contributed by atoms with Gasteiger partial charge in [-0.2, -0.15) is 0 Å². The molecule has 7 nitrogen and oxygen atoms in total. The number of rotatable bonds is 6. The number of carboxylic acids is 1. The largest absolute Gasteiger partial charge is 0.478 e. The fraction of sp³-hybridized carbons (Fsp3) is 0.130. The monoisotopic (exact) mass is 465 g/mol. The lowest BCUT2D eigenvalue weighted by atomic mass is 10.2. The highest BCUT2D eigenvalue weighted by molar-refractivity contribution is 7.99. The van der Waals surface area contributed by atoms with Gasteiger partial charge in [-0.15, -0.1) is 11.3 Å². The van der Waals surface area contributed by atoms with Crippen molar-refractivity contribution in [3.63, 3.8) is 0 Å². The van der Waals surface area contributed by atoms with Gasteiger partial charge in [0.05, 0.1) is 22.4 Å². The highest BCUT2D eigenvalue weighted by Gasteiger charge is 2.19. The number of fused-ring (bicyclic) bond motifs is 1. The standard InChI is InChI=1S/C23H19N3O4S2/c1-13-14(2)32-20-19(13)21(28)26(17-9-4-3-5-10-17)23(25-20)31-12-18(27)24-16-8-6-7-15(11-16)22(29)30/h3-11H,12H2,1-2H3,(H,24,27)(H,29,30). The summed E-state index contributed by atoms with van der Waals surface area (Å²) in [5, 5.41) is 12.8. The van der Waals surface area contributed by atoms with Crippen molar-refractivity contribution in [2.24, 2.45) is 0 Å². The van der Waals surface area contributed by atoms with Gasteiger partial charge in [-0.05, 0) is 49.7 Å². The average Bonchev–Trinajstić information content (AvgIpc) is 3.06. The van der Waals surface area contributed by atoms with Crippen LogP contribution < -0.4 is 10.9 Å². The van der Waals surface area contributed by atoms with Crippen LogP contribution in [0.5, 0.6) is 0 Å². The van der Waals surface area contributed by atoms with Crippen LogP contribution in [-0.4, -0.2) is 32.3 Å². The Kier molecular flexibility index (Phi) is 6.11. The molecule has 1 amide bonds. The Morgan fingerprint density at radius 1 is 1.12 bits per heavy atom. The molecule has 0 atom stereocenters. The number of carbonyl (C=O) groups excluding carboxylic acids is 1. The molecule has 2 heterocycles. The second kappa shape index (κ2) is 8.97. The third-order valence-corrected chi connectivity index (χ3v) is 6.95. The molecule has 9 heteroatoms. The molecule has 4 aromatic rings. The summed E-state index contributed by atoms with van der Waals surface area (Å²) in [5.41, 5.74) is 1.90. The van der Waals surface area contributed by atoms with Gasteiger partial charge in [0, 0.05) is 10.6 Å². The summed E-state index contributed by atoms with van der Waals surface area (Å²) >= 11 is 2.61. The number of hydrogen-bond donors (Lipinski definition) is 2. The van der Waals surface area contributed by atoms with Crippen LogP contribution in [0, 0.1) is 13.8 Å². The molecule has 0 unspecified atom stereocenters. The first-order valence-electron chi connectivity index (χ1n) is 9.69. The summed E-state index contributed by atoms with van der Waals surface area (Å²) in [7, 11) is 0. The number of nitrogens with one attached hydrogen (secondary N) is 1. The number of thiophene rings is 1. The van der Waals surface area contributed by atoms with Crippen LogP contribution in [-0.2, 0) is 4.79 Å². The third kappa shape index (κ3) is 4.30. The number of carbonyl (C=O) groups is 2. The molecule has 0 aliphatic carbocycles. The van der Waals surface area contributed by atoms with E-state index in [0.29, 0.717) is 26.7 Å². The third-order valence-electron chi connectivity index (χ3n) is 4.91. The molecular formula is C23H19N3O4S2. The van der Waals surface area contributed by atoms with Crippen molar-refractivity contribution < 1.29 is 14.7 Å². The summed E-state index contributed by atoms with van der Waals surface area (Å²) in [4.78, 5) is 43.4. The van der Waals surface area contributed by atoms with E-state index in [1.807, 2.05) is 44.2 Å². The van der Waals surface area contributed by atoms with Crippen LogP contribution in [0.4, 0.5) is 5.69 Å². The molecule has 0 fully saturated rings. The van der Waals surface area contributed by atoms with Gasteiger partial charge < -0.3 is 10.4 Å². The number of amides is 1. The SMILES string of the molecule is Cc1sc2nc(SCC(=O)Nc3cccc(C(=O)O)c3)n(-c3ccccc3)c(=O)c2c1C. The van der Waals surface area contributed by atoms with Gasteiger partial charge in [0.15, 0.2) is 5.16 Å². The van der Waals surface area contributed by atoms with Gasteiger partial charge in [0.2, 0.25) is 5.91 Å². The van der Waals surface area contributed by atoms with Crippen molar-refractivity contribution in [3.8, 4) is 5.69 Å². The van der Waals surface area contributed by atoms with E-state index >= 15 is 0 Å². The molecule has 0 saturated heterocycles. The summed E-state index contributed by atoms with van der Waals surface area (Å²) in [6, 6.07) is 15.2. The summed E-state index contributed by atoms with van der Waals surface area (Å²) in [5.74, 6) is -1.39. The number of aromatic nitrogens is 2. The number of nitrogens with zero attached hydrogens (tertiary/aromatic N) is 2. The van der Waals surface area contributed by atoms with Crippen molar-refractivity contribution in [1.82, 2.24) is 9.55 Å². The molecule has 32 heavy (non-hydrogen) atoms. The van der Waals surface area contributed by atoms with E-state index in [2.05, 4.69) is 5.32 Å². The average molecular weight is 466 g/mol. The topological polar surface area (TPSA) is 101 Å². The molecular weight excluding hydrogens is 446 g/mol. The normalized spacial score (nSPS) is 10.9. The minimum atomic E-state index is -1.07. The van der Waals surface area contributed by atoms with Crippen molar-refractivity contribution in [2.45, 2.75) is 19.0 Å². The van der Waals surface area contributed by atoms with Crippen LogP contribution in [0.3, 0.4) is 0 Å². The second-order valence-electron chi connectivity index (χ2n) is 7.06. The second-order valence-corrected chi connectivity index (χ2v) is 9.20. The Hall–Kier alpha value is -3.43. The van der Waals surface area contributed by atoms with E-state index in [-0.39, 0.29) is 22.8 Å². The summed E-state index contributed by atoms with van der Waals surface area (Å²) < 4.78 is 1.53. The molecule has 0 radical (unpaired) electrons. The van der Waals surface area contributed by atoms with Crippen LogP contribution in [0.2, 0.25) is 0 Å². The maximum Gasteiger partial charge on any atom is 0.335 e. The molecule has 4 rings (SSSR count).